The van der Waals surface area contributed by atoms with Gasteiger partial charge in [0, 0.05) is 10.7 Å². The summed E-state index contributed by atoms with van der Waals surface area (Å²) in [6.07, 6.45) is 0. The van der Waals surface area contributed by atoms with Crippen LogP contribution in [-0.2, 0) is 4.79 Å². The minimum atomic E-state index is -0.585. The van der Waals surface area contributed by atoms with E-state index in [0.717, 1.165) is 5.56 Å². The third-order valence-electron chi connectivity index (χ3n) is 3.51. The van der Waals surface area contributed by atoms with E-state index in [1.807, 2.05) is 18.2 Å². The second kappa shape index (κ2) is 5.50. The Kier molecular flexibility index (Phi) is 3.84. The number of hydrogen-bond acceptors (Lipinski definition) is 2. The SMILES string of the molecule is N[C@H]1C(=O)N(c2ccc(Cl)c(Cl)c2)[C@H]1c1cccc(Cl)c1. The Hall–Kier alpha value is -1.26. The smallest absolute Gasteiger partial charge is 0.247 e. The number of hydrogen-bond donors (Lipinski definition) is 1. The summed E-state index contributed by atoms with van der Waals surface area (Å²) in [7, 11) is 0. The fourth-order valence-electron chi connectivity index (χ4n) is 2.48. The van der Waals surface area contributed by atoms with Crippen LogP contribution >= 0.6 is 34.8 Å². The molecule has 0 aromatic heterocycles. The molecule has 3 nitrogen and oxygen atoms in total. The number of amides is 1. The molecule has 0 unspecified atom stereocenters. The fourth-order valence-corrected chi connectivity index (χ4v) is 2.97. The molecule has 1 heterocycles. The molecule has 108 valence electrons. The van der Waals surface area contributed by atoms with Crippen molar-refractivity contribution in [2.75, 3.05) is 4.90 Å². The molecule has 2 aromatic carbocycles. The van der Waals surface area contributed by atoms with Gasteiger partial charge in [-0.25, -0.2) is 0 Å². The van der Waals surface area contributed by atoms with Crippen molar-refractivity contribution >= 4 is 46.4 Å². The Labute approximate surface area is 137 Å². The van der Waals surface area contributed by atoms with E-state index < -0.39 is 6.04 Å². The molecule has 0 radical (unpaired) electrons. The lowest BCUT2D eigenvalue weighted by molar-refractivity contribution is -0.126. The number of carbonyl (C=O) groups excluding carboxylic acids is 1. The first-order chi connectivity index (χ1) is 9.99. The highest BCUT2D eigenvalue weighted by molar-refractivity contribution is 6.42. The number of rotatable bonds is 2. The molecule has 0 saturated carbocycles. The summed E-state index contributed by atoms with van der Waals surface area (Å²) in [6, 6.07) is 11.5. The van der Waals surface area contributed by atoms with Gasteiger partial charge >= 0.3 is 0 Å². The van der Waals surface area contributed by atoms with Crippen molar-refractivity contribution < 1.29 is 4.79 Å². The minimum Gasteiger partial charge on any atom is -0.318 e. The van der Waals surface area contributed by atoms with E-state index in [1.54, 1.807) is 29.2 Å². The maximum atomic E-state index is 12.1. The quantitative estimate of drug-likeness (QED) is 0.837. The van der Waals surface area contributed by atoms with Gasteiger partial charge in [0.25, 0.3) is 0 Å². The topological polar surface area (TPSA) is 46.3 Å². The zero-order valence-corrected chi connectivity index (χ0v) is 13.0. The van der Waals surface area contributed by atoms with Gasteiger partial charge in [0.05, 0.1) is 16.1 Å². The third-order valence-corrected chi connectivity index (χ3v) is 4.49. The molecule has 0 spiro atoms. The molecule has 2 N–H and O–H groups in total. The molecule has 1 amide bonds. The molecule has 2 aromatic rings. The first-order valence-electron chi connectivity index (χ1n) is 6.28. The van der Waals surface area contributed by atoms with Crippen LogP contribution in [0, 0.1) is 0 Å². The van der Waals surface area contributed by atoms with Crippen molar-refractivity contribution in [1.29, 1.82) is 0 Å². The summed E-state index contributed by atoms with van der Waals surface area (Å²) in [5, 5.41) is 1.44. The fraction of sp³-hybridized carbons (Fsp3) is 0.133. The third kappa shape index (κ3) is 2.51. The van der Waals surface area contributed by atoms with Crippen LogP contribution in [0.4, 0.5) is 5.69 Å². The number of benzene rings is 2. The van der Waals surface area contributed by atoms with Crippen molar-refractivity contribution in [2.24, 2.45) is 5.73 Å². The number of nitrogens with zero attached hydrogens (tertiary/aromatic N) is 1. The van der Waals surface area contributed by atoms with E-state index in [9.17, 15) is 4.79 Å². The number of carbonyl (C=O) groups is 1. The molecule has 1 saturated heterocycles. The van der Waals surface area contributed by atoms with Gasteiger partial charge < -0.3 is 10.6 Å². The Bertz CT molecular complexity index is 720. The molecular weight excluding hydrogens is 331 g/mol. The van der Waals surface area contributed by atoms with Gasteiger partial charge in [-0.3, -0.25) is 4.79 Å². The normalized spacial score (nSPS) is 21.3. The molecule has 1 aliphatic rings. The summed E-state index contributed by atoms with van der Waals surface area (Å²) in [5.74, 6) is -0.154. The van der Waals surface area contributed by atoms with Crippen LogP contribution in [0.5, 0.6) is 0 Å². The van der Waals surface area contributed by atoms with E-state index in [2.05, 4.69) is 0 Å². The monoisotopic (exact) mass is 340 g/mol. The van der Waals surface area contributed by atoms with Crippen LogP contribution in [0.2, 0.25) is 15.1 Å². The van der Waals surface area contributed by atoms with Gasteiger partial charge in [0.1, 0.15) is 6.04 Å². The molecule has 0 aliphatic carbocycles. The van der Waals surface area contributed by atoms with Crippen LogP contribution < -0.4 is 10.6 Å². The average Bonchev–Trinajstić information content (AvgIpc) is 2.46. The van der Waals surface area contributed by atoms with E-state index in [-0.39, 0.29) is 11.9 Å². The largest absolute Gasteiger partial charge is 0.318 e. The lowest BCUT2D eigenvalue weighted by Gasteiger charge is -2.45. The van der Waals surface area contributed by atoms with Crippen molar-refractivity contribution in [1.82, 2.24) is 0 Å². The highest BCUT2D eigenvalue weighted by Gasteiger charge is 2.46. The second-order valence-corrected chi connectivity index (χ2v) is 6.08. The zero-order valence-electron chi connectivity index (χ0n) is 10.8. The molecule has 0 bridgehead atoms. The summed E-state index contributed by atoms with van der Waals surface area (Å²) < 4.78 is 0. The van der Waals surface area contributed by atoms with Crippen LogP contribution in [-0.4, -0.2) is 11.9 Å². The van der Waals surface area contributed by atoms with E-state index in [0.29, 0.717) is 20.8 Å². The lowest BCUT2D eigenvalue weighted by Crippen LogP contribution is -2.63. The predicted octanol–water partition coefficient (Wildman–Crippen LogP) is 4.06. The maximum absolute atomic E-state index is 12.1. The zero-order chi connectivity index (χ0) is 15.1. The van der Waals surface area contributed by atoms with Gasteiger partial charge in [-0.2, -0.15) is 0 Å². The van der Waals surface area contributed by atoms with Crippen LogP contribution in [0.15, 0.2) is 42.5 Å². The molecule has 6 heteroatoms. The van der Waals surface area contributed by atoms with Crippen molar-refractivity contribution in [2.45, 2.75) is 12.1 Å². The van der Waals surface area contributed by atoms with Gasteiger partial charge in [0.2, 0.25) is 5.91 Å². The first-order valence-corrected chi connectivity index (χ1v) is 7.41. The van der Waals surface area contributed by atoms with Crippen molar-refractivity contribution in [3.05, 3.63) is 63.1 Å². The standard InChI is InChI=1S/C15H11Cl3N2O/c16-9-3-1-2-8(6-9)14-13(19)15(21)20(14)10-4-5-11(17)12(18)7-10/h1-7,13-14H,19H2/t13-,14+/m1/s1. The van der Waals surface area contributed by atoms with E-state index in [4.69, 9.17) is 40.5 Å². The van der Waals surface area contributed by atoms with Crippen molar-refractivity contribution in [3.8, 4) is 0 Å². The number of anilines is 1. The van der Waals surface area contributed by atoms with E-state index in [1.165, 1.54) is 0 Å². The molecule has 3 rings (SSSR count). The summed E-state index contributed by atoms with van der Waals surface area (Å²) in [4.78, 5) is 13.7. The average molecular weight is 342 g/mol. The van der Waals surface area contributed by atoms with Crippen LogP contribution in [0.1, 0.15) is 11.6 Å². The molecule has 21 heavy (non-hydrogen) atoms. The highest BCUT2D eigenvalue weighted by atomic mass is 35.5. The van der Waals surface area contributed by atoms with E-state index >= 15 is 0 Å². The van der Waals surface area contributed by atoms with Gasteiger partial charge in [-0.1, -0.05) is 46.9 Å². The molecule has 1 aliphatic heterocycles. The maximum Gasteiger partial charge on any atom is 0.247 e. The summed E-state index contributed by atoms with van der Waals surface area (Å²) in [6.45, 7) is 0. The van der Waals surface area contributed by atoms with Crippen molar-refractivity contribution in [3.63, 3.8) is 0 Å². The van der Waals surface area contributed by atoms with Gasteiger partial charge in [-0.05, 0) is 35.9 Å². The Balaban J connectivity index is 2.00. The molecule has 2 atom stereocenters. The summed E-state index contributed by atoms with van der Waals surface area (Å²) in [5.41, 5.74) is 7.51. The van der Waals surface area contributed by atoms with Gasteiger partial charge in [-0.15, -0.1) is 0 Å². The van der Waals surface area contributed by atoms with Gasteiger partial charge in [0.15, 0.2) is 0 Å². The molecular formula is C15H11Cl3N2O. The Morgan fingerprint density at radius 1 is 1.00 bits per heavy atom. The highest BCUT2D eigenvalue weighted by Crippen LogP contribution is 2.40. The minimum absolute atomic E-state index is 0.154. The lowest BCUT2D eigenvalue weighted by atomic mass is 9.88. The predicted molar refractivity (Wildman–Crippen MR) is 86.1 cm³/mol. The first kappa shape index (κ1) is 14.7. The summed E-state index contributed by atoms with van der Waals surface area (Å²) >= 11 is 17.9. The van der Waals surface area contributed by atoms with Crippen LogP contribution in [0.3, 0.4) is 0 Å². The Morgan fingerprint density at radius 3 is 2.43 bits per heavy atom. The Morgan fingerprint density at radius 2 is 1.76 bits per heavy atom. The molecule has 1 fully saturated rings. The number of nitrogens with two attached hydrogens (primary N) is 1. The van der Waals surface area contributed by atoms with Crippen LogP contribution in [0.25, 0.3) is 0 Å². The number of halogens is 3. The number of β-lactam (4-membered cyclic amide) rings is 1. The second-order valence-electron chi connectivity index (χ2n) is 4.83.